The van der Waals surface area contributed by atoms with Crippen molar-refractivity contribution in [1.29, 1.82) is 0 Å². The summed E-state index contributed by atoms with van der Waals surface area (Å²) in [6.45, 7) is 1.92. The molecule has 2 aromatic heterocycles. The molecule has 0 fully saturated rings. The Hall–Kier alpha value is -2.11. The molecule has 6 heteroatoms. The number of aromatic hydroxyl groups is 1. The maximum Gasteiger partial charge on any atom is 0.263 e. The topological polar surface area (TPSA) is 66.0 Å². The summed E-state index contributed by atoms with van der Waals surface area (Å²) < 4.78 is 0. The summed E-state index contributed by atoms with van der Waals surface area (Å²) in [4.78, 5) is 20.0. The van der Waals surface area contributed by atoms with Crippen molar-refractivity contribution in [2.24, 2.45) is 0 Å². The highest BCUT2D eigenvalue weighted by Gasteiger charge is 2.17. The summed E-state index contributed by atoms with van der Waals surface area (Å²) in [6, 6.07) is 8.77. The van der Waals surface area contributed by atoms with Crippen LogP contribution in [0, 0.1) is 6.92 Å². The van der Waals surface area contributed by atoms with Crippen LogP contribution in [0.15, 0.2) is 40.5 Å². The lowest BCUT2D eigenvalue weighted by Gasteiger charge is -2.07. The molecule has 3 aromatic rings. The highest BCUT2D eigenvalue weighted by atomic mass is 35.5. The summed E-state index contributed by atoms with van der Waals surface area (Å²) >= 11 is 7.53. The van der Waals surface area contributed by atoms with E-state index in [0.717, 1.165) is 10.4 Å². The van der Waals surface area contributed by atoms with Crippen molar-refractivity contribution in [3.63, 3.8) is 0 Å². The summed E-state index contributed by atoms with van der Waals surface area (Å²) in [5.41, 5.74) is 1.12. The van der Waals surface area contributed by atoms with Crippen LogP contribution in [0.4, 0.5) is 0 Å². The molecule has 106 valence electrons. The normalized spacial score (nSPS) is 10.8. The van der Waals surface area contributed by atoms with Gasteiger partial charge in [-0.3, -0.25) is 4.79 Å². The van der Waals surface area contributed by atoms with Gasteiger partial charge >= 0.3 is 0 Å². The van der Waals surface area contributed by atoms with E-state index in [4.69, 9.17) is 11.6 Å². The standard InChI is InChI=1S/C15H11ClN2O2S/c1-8-6-7-21-12(8)13-17-14(19)11(15(20)18-13)9-4-2-3-5-10(9)16/h2-7H,1H3,(H2,17,18,19,20). The van der Waals surface area contributed by atoms with Gasteiger partial charge in [0.25, 0.3) is 5.56 Å². The molecule has 0 aliphatic carbocycles. The molecular formula is C15H11ClN2O2S. The van der Waals surface area contributed by atoms with Gasteiger partial charge in [-0.1, -0.05) is 29.8 Å². The Bertz CT molecular complexity index is 870. The number of rotatable bonds is 2. The number of hydrogen-bond donors (Lipinski definition) is 2. The number of halogens is 1. The average Bonchev–Trinajstić information content (AvgIpc) is 2.86. The molecule has 2 heterocycles. The van der Waals surface area contributed by atoms with Gasteiger partial charge in [-0.15, -0.1) is 11.3 Å². The van der Waals surface area contributed by atoms with Crippen LogP contribution in [0.3, 0.4) is 0 Å². The van der Waals surface area contributed by atoms with E-state index in [9.17, 15) is 9.90 Å². The molecule has 0 amide bonds. The number of aromatic nitrogens is 2. The fraction of sp³-hybridized carbons (Fsp3) is 0.0667. The van der Waals surface area contributed by atoms with Gasteiger partial charge in [-0.25, -0.2) is 0 Å². The number of aromatic amines is 1. The first-order chi connectivity index (χ1) is 10.1. The van der Waals surface area contributed by atoms with Gasteiger partial charge in [0.1, 0.15) is 5.56 Å². The number of benzene rings is 1. The van der Waals surface area contributed by atoms with Crippen molar-refractivity contribution >= 4 is 22.9 Å². The lowest BCUT2D eigenvalue weighted by Crippen LogP contribution is -2.12. The molecule has 2 N–H and O–H groups in total. The predicted octanol–water partition coefficient (Wildman–Crippen LogP) is 3.83. The summed E-state index contributed by atoms with van der Waals surface area (Å²) in [7, 11) is 0. The summed E-state index contributed by atoms with van der Waals surface area (Å²) in [5, 5.41) is 12.5. The Labute approximate surface area is 129 Å². The van der Waals surface area contributed by atoms with Crippen LogP contribution >= 0.6 is 22.9 Å². The molecule has 0 saturated carbocycles. The third kappa shape index (κ3) is 2.46. The molecule has 0 spiro atoms. The minimum Gasteiger partial charge on any atom is -0.493 e. The Morgan fingerprint density at radius 3 is 2.67 bits per heavy atom. The fourth-order valence-corrected chi connectivity index (χ4v) is 3.19. The van der Waals surface area contributed by atoms with Gasteiger partial charge in [0, 0.05) is 10.6 Å². The highest BCUT2D eigenvalue weighted by Crippen LogP contribution is 2.32. The Kier molecular flexibility index (Phi) is 3.53. The van der Waals surface area contributed by atoms with Crippen LogP contribution in [-0.4, -0.2) is 15.1 Å². The van der Waals surface area contributed by atoms with Crippen LogP contribution in [0.25, 0.3) is 21.8 Å². The number of thiophene rings is 1. The number of nitrogens with one attached hydrogen (secondary N) is 1. The van der Waals surface area contributed by atoms with Crippen molar-refractivity contribution in [1.82, 2.24) is 9.97 Å². The van der Waals surface area contributed by atoms with Gasteiger partial charge in [0.05, 0.1) is 4.88 Å². The smallest absolute Gasteiger partial charge is 0.263 e. The maximum atomic E-state index is 12.3. The Morgan fingerprint density at radius 1 is 1.29 bits per heavy atom. The van der Waals surface area contributed by atoms with Crippen LogP contribution < -0.4 is 5.56 Å². The van der Waals surface area contributed by atoms with Crippen molar-refractivity contribution < 1.29 is 5.11 Å². The molecule has 0 aliphatic rings. The van der Waals surface area contributed by atoms with E-state index in [0.29, 0.717) is 16.4 Å². The predicted molar refractivity (Wildman–Crippen MR) is 85.0 cm³/mol. The van der Waals surface area contributed by atoms with E-state index >= 15 is 0 Å². The molecule has 0 aliphatic heterocycles. The van der Waals surface area contributed by atoms with E-state index in [1.165, 1.54) is 11.3 Å². The first-order valence-electron chi connectivity index (χ1n) is 6.20. The largest absolute Gasteiger partial charge is 0.493 e. The van der Waals surface area contributed by atoms with Gasteiger partial charge in [-0.05, 0) is 30.0 Å². The van der Waals surface area contributed by atoms with E-state index in [2.05, 4.69) is 9.97 Å². The van der Waals surface area contributed by atoms with Gasteiger partial charge in [0.2, 0.25) is 5.88 Å². The Morgan fingerprint density at radius 2 is 2.05 bits per heavy atom. The van der Waals surface area contributed by atoms with E-state index < -0.39 is 5.56 Å². The molecule has 1 aromatic carbocycles. The van der Waals surface area contributed by atoms with E-state index in [-0.39, 0.29) is 11.4 Å². The van der Waals surface area contributed by atoms with Crippen LogP contribution in [0.5, 0.6) is 5.88 Å². The average molecular weight is 319 g/mol. The summed E-state index contributed by atoms with van der Waals surface area (Å²) in [5.74, 6) is 0.0375. The first-order valence-corrected chi connectivity index (χ1v) is 7.46. The molecule has 0 saturated heterocycles. The molecule has 0 atom stereocenters. The second-order valence-corrected chi connectivity index (χ2v) is 5.85. The summed E-state index contributed by atoms with van der Waals surface area (Å²) in [6.07, 6.45) is 0. The Balaban J connectivity index is 2.21. The molecular weight excluding hydrogens is 308 g/mol. The molecule has 0 bridgehead atoms. The number of aryl methyl sites for hydroxylation is 1. The number of H-pyrrole nitrogens is 1. The van der Waals surface area contributed by atoms with E-state index in [1.54, 1.807) is 24.3 Å². The van der Waals surface area contributed by atoms with Gasteiger partial charge in [-0.2, -0.15) is 4.98 Å². The van der Waals surface area contributed by atoms with Crippen molar-refractivity contribution in [2.75, 3.05) is 0 Å². The zero-order valence-electron chi connectivity index (χ0n) is 11.1. The zero-order valence-corrected chi connectivity index (χ0v) is 12.6. The molecule has 0 unspecified atom stereocenters. The zero-order chi connectivity index (χ0) is 15.0. The van der Waals surface area contributed by atoms with Gasteiger partial charge < -0.3 is 10.1 Å². The third-order valence-electron chi connectivity index (χ3n) is 3.12. The molecule has 3 rings (SSSR count). The lowest BCUT2D eigenvalue weighted by molar-refractivity contribution is 0.454. The second kappa shape index (κ2) is 5.35. The maximum absolute atomic E-state index is 12.3. The molecule has 21 heavy (non-hydrogen) atoms. The second-order valence-electron chi connectivity index (χ2n) is 4.53. The lowest BCUT2D eigenvalue weighted by atomic mass is 10.1. The van der Waals surface area contributed by atoms with E-state index in [1.807, 2.05) is 18.4 Å². The third-order valence-corrected chi connectivity index (χ3v) is 4.47. The highest BCUT2D eigenvalue weighted by molar-refractivity contribution is 7.13. The minimum atomic E-state index is -0.418. The SMILES string of the molecule is Cc1ccsc1-c1nc(O)c(-c2ccccc2Cl)c(=O)[nH]1. The first kappa shape index (κ1) is 13.9. The molecule has 4 nitrogen and oxygen atoms in total. The fourth-order valence-electron chi connectivity index (χ4n) is 2.09. The van der Waals surface area contributed by atoms with Crippen LogP contribution in [0.1, 0.15) is 5.56 Å². The van der Waals surface area contributed by atoms with Gasteiger partial charge in [0.15, 0.2) is 5.82 Å². The molecule has 0 radical (unpaired) electrons. The number of hydrogen-bond acceptors (Lipinski definition) is 4. The van der Waals surface area contributed by atoms with Crippen molar-refractivity contribution in [2.45, 2.75) is 6.92 Å². The number of nitrogens with zero attached hydrogens (tertiary/aromatic N) is 1. The van der Waals surface area contributed by atoms with Crippen LogP contribution in [0.2, 0.25) is 5.02 Å². The van der Waals surface area contributed by atoms with Crippen molar-refractivity contribution in [3.8, 4) is 27.7 Å². The quantitative estimate of drug-likeness (QED) is 0.754. The van der Waals surface area contributed by atoms with Crippen LogP contribution in [-0.2, 0) is 0 Å². The minimum absolute atomic E-state index is 0.0820. The monoisotopic (exact) mass is 318 g/mol. The van der Waals surface area contributed by atoms with Crippen molar-refractivity contribution in [3.05, 3.63) is 56.7 Å².